The summed E-state index contributed by atoms with van der Waals surface area (Å²) in [5.74, 6) is 1.34. The molecule has 4 saturated heterocycles. The monoisotopic (exact) mass is 376 g/mol. The van der Waals surface area contributed by atoms with Crippen LogP contribution in [-0.2, 0) is 4.79 Å². The third-order valence-corrected chi connectivity index (χ3v) is 11.6. The van der Waals surface area contributed by atoms with Gasteiger partial charge in [0.1, 0.15) is 4.71 Å². The van der Waals surface area contributed by atoms with Crippen LogP contribution in [0.3, 0.4) is 0 Å². The van der Waals surface area contributed by atoms with Crippen molar-refractivity contribution in [1.82, 2.24) is 19.8 Å². The quantitative estimate of drug-likeness (QED) is 0.765. The van der Waals surface area contributed by atoms with Gasteiger partial charge in [0.05, 0.1) is 0 Å². The zero-order valence-electron chi connectivity index (χ0n) is 12.7. The first-order chi connectivity index (χ1) is 11.2. The molecular weight excluding hydrogens is 356 g/mol. The Labute approximate surface area is 145 Å². The Kier molecular flexibility index (Phi) is 4.29. The second-order valence-electron chi connectivity index (χ2n) is 5.90. The maximum Gasteiger partial charge on any atom is 0.285 e. The van der Waals surface area contributed by atoms with Gasteiger partial charge in [-0.25, -0.2) is 0 Å². The van der Waals surface area contributed by atoms with Gasteiger partial charge in [-0.05, 0) is 12.8 Å². The van der Waals surface area contributed by atoms with E-state index in [0.717, 1.165) is 38.2 Å². The van der Waals surface area contributed by atoms with Gasteiger partial charge in [-0.2, -0.15) is 0 Å². The van der Waals surface area contributed by atoms with E-state index in [1.807, 2.05) is 0 Å². The first kappa shape index (κ1) is 16.1. The molecule has 7 nitrogen and oxygen atoms in total. The molecule has 4 aliphatic heterocycles. The standard InChI is InChI=1S/C13H20N4O3S3/c18-9-10(17-6-8-22-13(17)20)23(11(19)15-9,12-14-3-7-21-12)16-4-1-2-5-16/h10,12,14H,1-8H2,(H,15,18,19). The van der Waals surface area contributed by atoms with Crippen molar-refractivity contribution in [3.63, 3.8) is 0 Å². The fourth-order valence-corrected chi connectivity index (χ4v) is 11.2. The molecule has 128 valence electrons. The van der Waals surface area contributed by atoms with Crippen LogP contribution in [0.4, 0.5) is 9.59 Å². The first-order valence-electron chi connectivity index (χ1n) is 7.85. The molecular formula is C13H20N4O3S3. The Morgan fingerprint density at radius 3 is 2.48 bits per heavy atom. The summed E-state index contributed by atoms with van der Waals surface area (Å²) in [6.07, 6.45) is 2.09. The highest BCUT2D eigenvalue weighted by Gasteiger charge is 2.63. The second kappa shape index (κ2) is 6.14. The van der Waals surface area contributed by atoms with Crippen LogP contribution in [0.2, 0.25) is 0 Å². The molecule has 0 saturated carbocycles. The number of carbonyl (C=O) groups excluding carboxylic acids is 3. The maximum atomic E-state index is 13.0. The molecule has 4 heterocycles. The zero-order chi connectivity index (χ0) is 16.0. The molecule has 0 spiro atoms. The van der Waals surface area contributed by atoms with Gasteiger partial charge in [-0.3, -0.25) is 29.3 Å². The SMILES string of the molecule is O=C1NC(=O)S(C2NCCS2)(N2CCCC2)C1N1CCSC1=O. The summed E-state index contributed by atoms with van der Waals surface area (Å²) in [4.78, 5) is 39.6. The Morgan fingerprint density at radius 1 is 1.09 bits per heavy atom. The lowest BCUT2D eigenvalue weighted by Gasteiger charge is -2.49. The molecule has 10 heteroatoms. The second-order valence-corrected chi connectivity index (χ2v) is 11.6. The minimum atomic E-state index is -2.13. The average molecular weight is 377 g/mol. The van der Waals surface area contributed by atoms with Crippen LogP contribution in [0.15, 0.2) is 0 Å². The van der Waals surface area contributed by atoms with Crippen molar-refractivity contribution in [3.8, 4) is 0 Å². The Morgan fingerprint density at radius 2 is 1.87 bits per heavy atom. The van der Waals surface area contributed by atoms with E-state index in [1.54, 1.807) is 16.7 Å². The lowest BCUT2D eigenvalue weighted by Crippen LogP contribution is -2.51. The van der Waals surface area contributed by atoms with Crippen molar-refractivity contribution in [2.75, 3.05) is 37.7 Å². The van der Waals surface area contributed by atoms with E-state index in [4.69, 9.17) is 0 Å². The molecule has 3 atom stereocenters. The predicted octanol–water partition coefficient (Wildman–Crippen LogP) is 1.17. The van der Waals surface area contributed by atoms with Crippen molar-refractivity contribution < 1.29 is 14.4 Å². The van der Waals surface area contributed by atoms with Crippen LogP contribution in [0, 0.1) is 0 Å². The maximum absolute atomic E-state index is 13.0. The van der Waals surface area contributed by atoms with Crippen molar-refractivity contribution >= 4 is 50.1 Å². The van der Waals surface area contributed by atoms with Gasteiger partial charge in [0, 0.05) is 37.7 Å². The third-order valence-electron chi connectivity index (χ3n) is 4.66. The number of hydrogen-bond acceptors (Lipinski definition) is 7. The fraction of sp³-hybridized carbons (Fsp3) is 0.769. The molecule has 4 rings (SSSR count). The van der Waals surface area contributed by atoms with Crippen molar-refractivity contribution in [3.05, 3.63) is 0 Å². The Balaban J connectivity index is 1.80. The van der Waals surface area contributed by atoms with Crippen LogP contribution in [0.5, 0.6) is 0 Å². The number of rotatable bonds is 3. The Hall–Kier alpha value is -0.420. The van der Waals surface area contributed by atoms with E-state index in [0.29, 0.717) is 12.3 Å². The molecule has 0 aromatic heterocycles. The molecule has 23 heavy (non-hydrogen) atoms. The van der Waals surface area contributed by atoms with Gasteiger partial charge in [0.2, 0.25) is 0 Å². The molecule has 0 aliphatic carbocycles. The molecule has 4 aliphatic rings. The average Bonchev–Trinajstić information content (AvgIpc) is 3.27. The highest BCUT2D eigenvalue weighted by Crippen LogP contribution is 2.67. The van der Waals surface area contributed by atoms with Gasteiger partial charge in [0.15, 0.2) is 5.37 Å². The lowest BCUT2D eigenvalue weighted by atomic mass is 10.4. The van der Waals surface area contributed by atoms with E-state index in [-0.39, 0.29) is 21.1 Å². The van der Waals surface area contributed by atoms with Gasteiger partial charge < -0.3 is 4.90 Å². The molecule has 2 N–H and O–H groups in total. The van der Waals surface area contributed by atoms with Gasteiger partial charge in [0.25, 0.3) is 16.4 Å². The largest absolute Gasteiger partial charge is 0.312 e. The summed E-state index contributed by atoms with van der Waals surface area (Å²) in [7, 11) is -2.13. The van der Waals surface area contributed by atoms with Crippen molar-refractivity contribution in [1.29, 1.82) is 0 Å². The van der Waals surface area contributed by atoms with Gasteiger partial charge in [-0.15, -0.1) is 11.8 Å². The number of nitrogens with one attached hydrogen (secondary N) is 2. The molecule has 0 bridgehead atoms. The highest BCUT2D eigenvalue weighted by atomic mass is 32.3. The third kappa shape index (κ3) is 2.33. The number of thioether (sulfide) groups is 2. The number of imide groups is 1. The van der Waals surface area contributed by atoms with E-state index in [2.05, 4.69) is 14.9 Å². The number of hydrogen-bond donors (Lipinski definition) is 2. The fourth-order valence-electron chi connectivity index (χ4n) is 3.69. The molecule has 0 radical (unpaired) electrons. The molecule has 3 amide bonds. The predicted molar refractivity (Wildman–Crippen MR) is 94.5 cm³/mol. The number of nitrogens with zero attached hydrogens (tertiary/aromatic N) is 2. The van der Waals surface area contributed by atoms with E-state index in [9.17, 15) is 14.4 Å². The van der Waals surface area contributed by atoms with Gasteiger partial charge >= 0.3 is 0 Å². The highest BCUT2D eigenvalue weighted by molar-refractivity contribution is 8.49. The minimum Gasteiger partial charge on any atom is -0.312 e. The number of carbonyl (C=O) groups is 3. The van der Waals surface area contributed by atoms with Crippen molar-refractivity contribution in [2.24, 2.45) is 0 Å². The minimum absolute atomic E-state index is 0.0704. The summed E-state index contributed by atoms with van der Waals surface area (Å²) in [6, 6.07) is 0. The van der Waals surface area contributed by atoms with E-state index in [1.165, 1.54) is 11.8 Å². The summed E-state index contributed by atoms with van der Waals surface area (Å²) >= 11 is 2.97. The van der Waals surface area contributed by atoms with Crippen LogP contribution >= 0.6 is 33.7 Å². The summed E-state index contributed by atoms with van der Waals surface area (Å²) in [6.45, 7) is 3.06. The smallest absolute Gasteiger partial charge is 0.285 e. The van der Waals surface area contributed by atoms with E-state index < -0.39 is 15.6 Å². The van der Waals surface area contributed by atoms with Crippen LogP contribution in [-0.4, -0.2) is 73.4 Å². The summed E-state index contributed by atoms with van der Waals surface area (Å²) < 4.78 is 2.15. The topological polar surface area (TPSA) is 81.8 Å². The van der Waals surface area contributed by atoms with Gasteiger partial charge in [-0.1, -0.05) is 22.0 Å². The van der Waals surface area contributed by atoms with Crippen LogP contribution in [0.25, 0.3) is 0 Å². The zero-order valence-corrected chi connectivity index (χ0v) is 15.1. The normalized spacial score (nSPS) is 41.6. The lowest BCUT2D eigenvalue weighted by molar-refractivity contribution is -0.121. The van der Waals surface area contributed by atoms with Crippen molar-refractivity contribution in [2.45, 2.75) is 22.9 Å². The molecule has 0 aromatic rings. The van der Waals surface area contributed by atoms with Crippen LogP contribution in [0.1, 0.15) is 12.8 Å². The van der Waals surface area contributed by atoms with E-state index >= 15 is 0 Å². The molecule has 0 aromatic carbocycles. The summed E-state index contributed by atoms with van der Waals surface area (Å²) in [5.41, 5.74) is 0. The molecule has 4 fully saturated rings. The van der Waals surface area contributed by atoms with Crippen LogP contribution < -0.4 is 10.6 Å². The first-order valence-corrected chi connectivity index (χ1v) is 11.6. The number of amides is 3. The Bertz CT molecular complexity index is 533. The summed E-state index contributed by atoms with van der Waals surface area (Å²) in [5, 5.41) is 5.13. The molecule has 3 unspecified atom stereocenters.